The van der Waals surface area contributed by atoms with Gasteiger partial charge in [-0.1, -0.05) is 18.2 Å². The van der Waals surface area contributed by atoms with Gasteiger partial charge in [-0.2, -0.15) is 18.3 Å². The molecule has 0 amide bonds. The number of hydrogen-bond donors (Lipinski definition) is 2. The van der Waals surface area contributed by atoms with Crippen LogP contribution in [0.2, 0.25) is 0 Å². The summed E-state index contributed by atoms with van der Waals surface area (Å²) in [6, 6.07) is 12.0. The second-order valence-electron chi connectivity index (χ2n) is 6.66. The van der Waals surface area contributed by atoms with E-state index in [0.29, 0.717) is 28.1 Å². The highest BCUT2D eigenvalue weighted by atomic mass is 32.2. The van der Waals surface area contributed by atoms with Crippen LogP contribution in [0.1, 0.15) is 5.56 Å². The largest absolute Gasteiger partial charge is 0.416 e. The minimum absolute atomic E-state index is 0.124. The molecule has 10 heteroatoms. The van der Waals surface area contributed by atoms with Gasteiger partial charge in [-0.25, -0.2) is 13.1 Å². The van der Waals surface area contributed by atoms with E-state index >= 15 is 0 Å². The Hall–Kier alpha value is -2.85. The van der Waals surface area contributed by atoms with Gasteiger partial charge in [-0.3, -0.25) is 4.68 Å². The number of aromatic nitrogens is 2. The SMILES string of the molecule is CNS(=O)(=O)CCNc1ccc(-c2cccc(C(F)(F)F)c2)cc1-c1ccn(C)n1. The predicted octanol–water partition coefficient (Wildman–Crippen LogP) is 3.73. The van der Waals surface area contributed by atoms with Crippen molar-refractivity contribution in [1.29, 1.82) is 0 Å². The van der Waals surface area contributed by atoms with Crippen LogP contribution in [-0.2, 0) is 23.2 Å². The topological polar surface area (TPSA) is 76.0 Å². The zero-order valence-electron chi connectivity index (χ0n) is 16.4. The minimum Gasteiger partial charge on any atom is -0.383 e. The number of anilines is 1. The van der Waals surface area contributed by atoms with Gasteiger partial charge in [0.25, 0.3) is 0 Å². The maximum absolute atomic E-state index is 13.1. The molecule has 0 aliphatic carbocycles. The van der Waals surface area contributed by atoms with Crippen LogP contribution in [0, 0.1) is 0 Å². The molecule has 6 nitrogen and oxygen atoms in total. The summed E-state index contributed by atoms with van der Waals surface area (Å²) in [5, 5.41) is 7.45. The van der Waals surface area contributed by atoms with Crippen molar-refractivity contribution in [2.24, 2.45) is 7.05 Å². The van der Waals surface area contributed by atoms with E-state index < -0.39 is 21.8 Å². The maximum Gasteiger partial charge on any atom is 0.416 e. The van der Waals surface area contributed by atoms with Crippen LogP contribution in [0.4, 0.5) is 18.9 Å². The Balaban J connectivity index is 1.98. The summed E-state index contributed by atoms with van der Waals surface area (Å²) in [5.41, 5.74) is 2.20. The number of sulfonamides is 1. The summed E-state index contributed by atoms with van der Waals surface area (Å²) in [6.45, 7) is 0.159. The molecule has 0 spiro atoms. The van der Waals surface area contributed by atoms with E-state index in [4.69, 9.17) is 0 Å². The number of benzene rings is 2. The molecule has 0 unspecified atom stereocenters. The molecule has 3 rings (SSSR count). The van der Waals surface area contributed by atoms with Crippen molar-refractivity contribution >= 4 is 15.7 Å². The van der Waals surface area contributed by atoms with Gasteiger partial charge in [-0.05, 0) is 48.5 Å². The quantitative estimate of drug-likeness (QED) is 0.589. The number of nitrogens with zero attached hydrogens (tertiary/aromatic N) is 2. The average Bonchev–Trinajstić information content (AvgIpc) is 3.14. The van der Waals surface area contributed by atoms with E-state index in [-0.39, 0.29) is 12.3 Å². The molecule has 0 radical (unpaired) electrons. The Morgan fingerprint density at radius 1 is 1.07 bits per heavy atom. The van der Waals surface area contributed by atoms with E-state index in [0.717, 1.165) is 12.1 Å². The smallest absolute Gasteiger partial charge is 0.383 e. The number of hydrogen-bond acceptors (Lipinski definition) is 4. The van der Waals surface area contributed by atoms with Gasteiger partial charge < -0.3 is 5.32 Å². The van der Waals surface area contributed by atoms with Crippen molar-refractivity contribution in [1.82, 2.24) is 14.5 Å². The van der Waals surface area contributed by atoms with Gasteiger partial charge in [0, 0.05) is 31.0 Å². The maximum atomic E-state index is 13.1. The first kappa shape index (κ1) is 21.8. The molecule has 160 valence electrons. The standard InChI is InChI=1S/C20H21F3N4O2S/c1-24-30(28,29)11-9-25-18-7-6-15(13-17(18)19-8-10-27(2)26-19)14-4-3-5-16(12-14)20(21,22)23/h3-8,10,12-13,24-25H,9,11H2,1-2H3. The fraction of sp³-hybridized carbons (Fsp3) is 0.250. The Morgan fingerprint density at radius 3 is 2.43 bits per heavy atom. The molecule has 30 heavy (non-hydrogen) atoms. The Bertz CT molecular complexity index is 1140. The highest BCUT2D eigenvalue weighted by Gasteiger charge is 2.30. The van der Waals surface area contributed by atoms with Crippen molar-refractivity contribution in [3.8, 4) is 22.4 Å². The number of aryl methyl sites for hydroxylation is 1. The second kappa shape index (κ2) is 8.49. The van der Waals surface area contributed by atoms with Crippen LogP contribution in [0.5, 0.6) is 0 Å². The second-order valence-corrected chi connectivity index (χ2v) is 8.71. The Morgan fingerprint density at radius 2 is 1.80 bits per heavy atom. The molecule has 1 heterocycles. The number of alkyl halides is 3. The van der Waals surface area contributed by atoms with Crippen molar-refractivity contribution in [2.75, 3.05) is 24.7 Å². The highest BCUT2D eigenvalue weighted by Crippen LogP contribution is 2.35. The van der Waals surface area contributed by atoms with E-state index in [1.165, 1.54) is 13.1 Å². The summed E-state index contributed by atoms with van der Waals surface area (Å²) >= 11 is 0. The van der Waals surface area contributed by atoms with Gasteiger partial charge in [0.05, 0.1) is 17.0 Å². The molecular formula is C20H21F3N4O2S. The van der Waals surface area contributed by atoms with Crippen LogP contribution in [-0.4, -0.2) is 37.5 Å². The first-order chi connectivity index (χ1) is 14.1. The minimum atomic E-state index is -4.43. The highest BCUT2D eigenvalue weighted by molar-refractivity contribution is 7.89. The molecular weight excluding hydrogens is 417 g/mol. The van der Waals surface area contributed by atoms with Gasteiger partial charge in [0.15, 0.2) is 0 Å². The lowest BCUT2D eigenvalue weighted by atomic mass is 9.98. The monoisotopic (exact) mass is 438 g/mol. The molecule has 3 aromatic rings. The lowest BCUT2D eigenvalue weighted by Gasteiger charge is -2.14. The normalized spacial score (nSPS) is 12.2. The van der Waals surface area contributed by atoms with Crippen LogP contribution in [0.25, 0.3) is 22.4 Å². The Labute approximate surface area is 172 Å². The number of rotatable bonds is 7. The summed E-state index contributed by atoms with van der Waals surface area (Å²) in [5.74, 6) is -0.124. The first-order valence-corrected chi connectivity index (χ1v) is 10.7. The van der Waals surface area contributed by atoms with Crippen molar-refractivity contribution < 1.29 is 21.6 Å². The first-order valence-electron chi connectivity index (χ1n) is 9.06. The van der Waals surface area contributed by atoms with Gasteiger partial charge >= 0.3 is 6.18 Å². The molecule has 0 aliphatic rings. The van der Waals surface area contributed by atoms with Gasteiger partial charge in [-0.15, -0.1) is 0 Å². The molecule has 0 saturated heterocycles. The van der Waals surface area contributed by atoms with E-state index in [2.05, 4.69) is 15.1 Å². The van der Waals surface area contributed by atoms with Crippen molar-refractivity contribution in [3.05, 3.63) is 60.3 Å². The summed E-state index contributed by atoms with van der Waals surface area (Å²) in [7, 11) is -0.269. The van der Waals surface area contributed by atoms with Crippen LogP contribution >= 0.6 is 0 Å². The molecule has 0 fully saturated rings. The third-order valence-corrected chi connectivity index (χ3v) is 5.89. The summed E-state index contributed by atoms with van der Waals surface area (Å²) in [4.78, 5) is 0. The molecule has 2 N–H and O–H groups in total. The fourth-order valence-electron chi connectivity index (χ4n) is 2.95. The van der Waals surface area contributed by atoms with Gasteiger partial charge in [0.1, 0.15) is 0 Å². The predicted molar refractivity (Wildman–Crippen MR) is 110 cm³/mol. The zero-order valence-corrected chi connectivity index (χ0v) is 17.2. The third kappa shape index (κ3) is 5.19. The van der Waals surface area contributed by atoms with E-state index in [1.54, 1.807) is 48.3 Å². The molecule has 0 aliphatic heterocycles. The summed E-state index contributed by atoms with van der Waals surface area (Å²) < 4.78 is 66.4. The summed E-state index contributed by atoms with van der Waals surface area (Å²) in [6.07, 6.45) is -2.68. The lowest BCUT2D eigenvalue weighted by Crippen LogP contribution is -2.26. The zero-order chi connectivity index (χ0) is 21.9. The van der Waals surface area contributed by atoms with Crippen LogP contribution in [0.3, 0.4) is 0 Å². The van der Waals surface area contributed by atoms with E-state index in [1.807, 2.05) is 0 Å². The van der Waals surface area contributed by atoms with E-state index in [9.17, 15) is 21.6 Å². The average molecular weight is 438 g/mol. The lowest BCUT2D eigenvalue weighted by molar-refractivity contribution is -0.137. The third-order valence-electron chi connectivity index (χ3n) is 4.53. The number of halogens is 3. The molecule has 0 atom stereocenters. The Kier molecular flexibility index (Phi) is 6.18. The molecule has 2 aromatic carbocycles. The molecule has 1 aromatic heterocycles. The van der Waals surface area contributed by atoms with Crippen molar-refractivity contribution in [2.45, 2.75) is 6.18 Å². The molecule has 0 bridgehead atoms. The van der Waals surface area contributed by atoms with Crippen LogP contribution < -0.4 is 10.0 Å². The van der Waals surface area contributed by atoms with Gasteiger partial charge in [0.2, 0.25) is 10.0 Å². The fourth-order valence-corrected chi connectivity index (χ4v) is 3.52. The number of nitrogens with one attached hydrogen (secondary N) is 2. The molecule has 0 saturated carbocycles. The van der Waals surface area contributed by atoms with Crippen LogP contribution in [0.15, 0.2) is 54.7 Å². The van der Waals surface area contributed by atoms with Crippen molar-refractivity contribution in [3.63, 3.8) is 0 Å².